The van der Waals surface area contributed by atoms with Gasteiger partial charge in [0.1, 0.15) is 6.10 Å². The number of nitrogens with zero attached hydrogens (tertiary/aromatic N) is 1. The maximum absolute atomic E-state index is 13.3. The van der Waals surface area contributed by atoms with Gasteiger partial charge in [0.05, 0.1) is 18.1 Å². The maximum atomic E-state index is 13.3. The normalized spacial score (nSPS) is 22.4. The second-order valence-corrected chi connectivity index (χ2v) is 11.2. The average Bonchev–Trinajstić information content (AvgIpc) is 2.93. The molecular weight excluding hydrogens is 447 g/mol. The molecule has 0 spiro atoms. The van der Waals surface area contributed by atoms with Crippen molar-refractivity contribution in [2.24, 2.45) is 0 Å². The SMILES string of the molecule is CN(CCBr)P(=O)(NS(=O)(=O)c1ccccc1)OCC1COC(C)(C)O1. The van der Waals surface area contributed by atoms with E-state index in [0.717, 1.165) is 0 Å². The van der Waals surface area contributed by atoms with Gasteiger partial charge in [0.2, 0.25) is 10.0 Å². The minimum Gasteiger partial charge on any atom is -0.348 e. The molecule has 148 valence electrons. The molecule has 0 bridgehead atoms. The smallest absolute Gasteiger partial charge is 0.348 e. The van der Waals surface area contributed by atoms with Crippen LogP contribution < -0.4 is 4.49 Å². The lowest BCUT2D eigenvalue weighted by atomic mass is 10.4. The molecule has 1 aromatic rings. The summed E-state index contributed by atoms with van der Waals surface area (Å²) in [6.07, 6.45) is -0.433. The molecule has 0 saturated carbocycles. The Kier molecular flexibility index (Phi) is 7.43. The number of rotatable bonds is 9. The topological polar surface area (TPSA) is 94.2 Å². The van der Waals surface area contributed by atoms with E-state index in [4.69, 9.17) is 14.0 Å². The molecule has 2 unspecified atom stereocenters. The zero-order valence-electron chi connectivity index (χ0n) is 14.9. The fraction of sp³-hybridized carbons (Fsp3) is 0.600. The highest BCUT2D eigenvalue weighted by Crippen LogP contribution is 2.47. The van der Waals surface area contributed by atoms with Crippen LogP contribution in [0.1, 0.15) is 13.8 Å². The maximum Gasteiger partial charge on any atom is 0.356 e. The van der Waals surface area contributed by atoms with Crippen molar-refractivity contribution in [3.8, 4) is 0 Å². The van der Waals surface area contributed by atoms with Crippen LogP contribution in [0.3, 0.4) is 0 Å². The van der Waals surface area contributed by atoms with E-state index in [1.165, 1.54) is 23.9 Å². The lowest BCUT2D eigenvalue weighted by Gasteiger charge is -2.28. The Hall–Kier alpha value is -0.320. The standard InChI is InChI=1S/C15H24BrN2O6PS/c1-15(2)22-11-13(24-15)12-23-25(19,18(3)10-9-16)17-26(20,21)14-7-5-4-6-8-14/h4-8,13H,9-12H2,1-3H3,(H,17,19). The third-order valence-corrected chi connectivity index (χ3v) is 8.38. The van der Waals surface area contributed by atoms with E-state index >= 15 is 0 Å². The molecule has 0 amide bonds. The van der Waals surface area contributed by atoms with Gasteiger partial charge in [-0.3, -0.25) is 4.57 Å². The fourth-order valence-electron chi connectivity index (χ4n) is 2.28. The Morgan fingerprint density at radius 3 is 2.58 bits per heavy atom. The number of nitrogens with one attached hydrogen (secondary N) is 1. The summed E-state index contributed by atoms with van der Waals surface area (Å²) in [6.45, 7) is 4.07. The lowest BCUT2D eigenvalue weighted by molar-refractivity contribution is -0.141. The monoisotopic (exact) mass is 470 g/mol. The molecule has 8 nitrogen and oxygen atoms in total. The first-order valence-electron chi connectivity index (χ1n) is 8.01. The summed E-state index contributed by atoms with van der Waals surface area (Å²) in [7, 11) is -6.36. The van der Waals surface area contributed by atoms with Crippen LogP contribution in [0.4, 0.5) is 0 Å². The molecule has 1 fully saturated rings. The Bertz CT molecular complexity index is 746. The second kappa shape index (κ2) is 8.79. The van der Waals surface area contributed by atoms with Crippen molar-refractivity contribution >= 4 is 33.6 Å². The molecule has 1 heterocycles. The fourth-order valence-corrected chi connectivity index (χ4v) is 6.94. The number of halogens is 1. The van der Waals surface area contributed by atoms with Gasteiger partial charge in [-0.15, -0.1) is 4.49 Å². The van der Waals surface area contributed by atoms with Crippen molar-refractivity contribution < 1.29 is 27.0 Å². The van der Waals surface area contributed by atoms with Gasteiger partial charge in [-0.05, 0) is 33.0 Å². The predicted molar refractivity (Wildman–Crippen MR) is 102 cm³/mol. The minimum atomic E-state index is -4.02. The average molecular weight is 471 g/mol. The van der Waals surface area contributed by atoms with Crippen LogP contribution in [0.2, 0.25) is 0 Å². The molecule has 1 aromatic carbocycles. The predicted octanol–water partition coefficient (Wildman–Crippen LogP) is 2.57. The molecule has 0 aliphatic carbocycles. The first-order valence-corrected chi connectivity index (χ1v) is 12.2. The highest BCUT2D eigenvalue weighted by molar-refractivity contribution is 9.09. The van der Waals surface area contributed by atoms with Gasteiger partial charge < -0.3 is 14.0 Å². The van der Waals surface area contributed by atoms with E-state index in [1.54, 1.807) is 32.0 Å². The van der Waals surface area contributed by atoms with Crippen molar-refractivity contribution in [2.45, 2.75) is 30.6 Å². The first kappa shape index (κ1) is 22.0. The molecule has 11 heteroatoms. The van der Waals surface area contributed by atoms with Crippen LogP contribution in [-0.4, -0.2) is 57.1 Å². The van der Waals surface area contributed by atoms with Crippen molar-refractivity contribution in [2.75, 3.05) is 32.1 Å². The molecule has 1 aliphatic rings. The van der Waals surface area contributed by atoms with Crippen LogP contribution in [0.5, 0.6) is 0 Å². The molecule has 26 heavy (non-hydrogen) atoms. The Morgan fingerprint density at radius 1 is 1.38 bits per heavy atom. The summed E-state index contributed by atoms with van der Waals surface area (Å²) in [5, 5.41) is 0.500. The summed E-state index contributed by atoms with van der Waals surface area (Å²) in [4.78, 5) is 0.0117. The van der Waals surface area contributed by atoms with Crippen molar-refractivity contribution in [3.05, 3.63) is 30.3 Å². The molecule has 2 rings (SSSR count). The third-order valence-electron chi connectivity index (χ3n) is 3.65. The quantitative estimate of drug-likeness (QED) is 0.437. The largest absolute Gasteiger partial charge is 0.356 e. The van der Waals surface area contributed by atoms with Gasteiger partial charge in [0.15, 0.2) is 5.79 Å². The number of alkyl halides is 1. The zero-order chi connectivity index (χ0) is 19.4. The van der Waals surface area contributed by atoms with Crippen molar-refractivity contribution in [1.29, 1.82) is 0 Å². The number of hydrogen-bond acceptors (Lipinski definition) is 6. The molecule has 0 aromatic heterocycles. The van der Waals surface area contributed by atoms with Gasteiger partial charge in [-0.25, -0.2) is 13.1 Å². The van der Waals surface area contributed by atoms with E-state index < -0.39 is 29.6 Å². The Labute approximate surface area is 162 Å². The number of sulfonamides is 1. The van der Waals surface area contributed by atoms with Gasteiger partial charge >= 0.3 is 7.67 Å². The third kappa shape index (κ3) is 5.84. The molecule has 1 aliphatic heterocycles. The molecular formula is C15H24BrN2O6PS. The van der Waals surface area contributed by atoms with E-state index in [2.05, 4.69) is 20.4 Å². The summed E-state index contributed by atoms with van der Waals surface area (Å²) in [6, 6.07) is 7.73. The lowest BCUT2D eigenvalue weighted by Crippen LogP contribution is -2.33. The van der Waals surface area contributed by atoms with Gasteiger partial charge in [-0.2, -0.15) is 0 Å². The van der Waals surface area contributed by atoms with Crippen LogP contribution in [0.25, 0.3) is 0 Å². The Morgan fingerprint density at radius 2 is 2.04 bits per heavy atom. The minimum absolute atomic E-state index is 0.0117. The number of ether oxygens (including phenoxy) is 2. The highest BCUT2D eigenvalue weighted by Gasteiger charge is 2.38. The van der Waals surface area contributed by atoms with Crippen LogP contribution in [0.15, 0.2) is 35.2 Å². The molecule has 0 radical (unpaired) electrons. The molecule has 1 saturated heterocycles. The van der Waals surface area contributed by atoms with Crippen LogP contribution in [0, 0.1) is 0 Å². The summed E-state index contributed by atoms with van der Waals surface area (Å²) in [5.74, 6) is -0.747. The van der Waals surface area contributed by atoms with E-state index in [1.807, 2.05) is 0 Å². The summed E-state index contributed by atoms with van der Waals surface area (Å²) < 4.78 is 58.7. The second-order valence-electron chi connectivity index (χ2n) is 6.24. The van der Waals surface area contributed by atoms with Gasteiger partial charge in [-0.1, -0.05) is 34.1 Å². The Balaban J connectivity index is 2.15. The molecule has 1 N–H and O–H groups in total. The van der Waals surface area contributed by atoms with E-state index in [-0.39, 0.29) is 18.1 Å². The highest BCUT2D eigenvalue weighted by atomic mass is 79.9. The van der Waals surface area contributed by atoms with Crippen LogP contribution in [-0.2, 0) is 28.6 Å². The first-order chi connectivity index (χ1) is 12.1. The van der Waals surface area contributed by atoms with Crippen LogP contribution >= 0.6 is 23.6 Å². The molecule has 2 atom stereocenters. The van der Waals surface area contributed by atoms with Gasteiger partial charge in [0, 0.05) is 11.9 Å². The van der Waals surface area contributed by atoms with E-state index in [0.29, 0.717) is 11.9 Å². The van der Waals surface area contributed by atoms with Gasteiger partial charge in [0.25, 0.3) is 0 Å². The van der Waals surface area contributed by atoms with E-state index in [9.17, 15) is 13.0 Å². The van der Waals surface area contributed by atoms with Crippen molar-refractivity contribution in [1.82, 2.24) is 9.16 Å². The zero-order valence-corrected chi connectivity index (χ0v) is 18.2. The number of hydrogen-bond donors (Lipinski definition) is 1. The van der Waals surface area contributed by atoms with Crippen molar-refractivity contribution in [3.63, 3.8) is 0 Å². The number of benzene rings is 1. The summed E-state index contributed by atoms with van der Waals surface area (Å²) >= 11 is 3.26. The summed E-state index contributed by atoms with van der Waals surface area (Å²) in [5.41, 5.74) is 0.